The van der Waals surface area contributed by atoms with E-state index in [1.165, 1.54) is 60.3 Å². The third-order valence-electron chi connectivity index (χ3n) is 6.60. The molecule has 0 saturated carbocycles. The molecule has 2 nitrogen and oxygen atoms in total. The number of aryl methyl sites for hydroxylation is 3. The molecule has 2 heteroatoms. The summed E-state index contributed by atoms with van der Waals surface area (Å²) in [6, 6.07) is 29.2. The van der Waals surface area contributed by atoms with Crippen LogP contribution in [0.2, 0.25) is 0 Å². The lowest BCUT2D eigenvalue weighted by molar-refractivity contribution is 0.829. The van der Waals surface area contributed by atoms with Crippen molar-refractivity contribution in [2.75, 3.05) is 0 Å². The molecule has 0 fully saturated rings. The van der Waals surface area contributed by atoms with Crippen LogP contribution in [-0.2, 0) is 13.1 Å². The molecule has 2 aromatic heterocycles. The predicted octanol–water partition coefficient (Wildman–Crippen LogP) is 7.59. The van der Waals surface area contributed by atoms with E-state index in [1.807, 2.05) is 0 Å². The maximum atomic E-state index is 2.50. The van der Waals surface area contributed by atoms with Crippen LogP contribution in [0.25, 0.3) is 43.6 Å². The average Bonchev–Trinajstić information content (AvgIpc) is 3.26. The van der Waals surface area contributed by atoms with E-state index in [4.69, 9.17) is 0 Å². The Morgan fingerprint density at radius 1 is 0.613 bits per heavy atom. The van der Waals surface area contributed by atoms with Crippen molar-refractivity contribution in [2.45, 2.75) is 33.9 Å². The molecule has 0 radical (unpaired) electrons. The molecule has 0 N–H and O–H groups in total. The summed E-state index contributed by atoms with van der Waals surface area (Å²) in [5, 5.41) is 5.40. The SMILES string of the molecule is CCn1c2ccccc2c2ccc3c(c4ccccc4n3Cc3cc(C)cc(C)c3)c21. The zero-order chi connectivity index (χ0) is 21.1. The van der Waals surface area contributed by atoms with Gasteiger partial charge in [-0.15, -0.1) is 0 Å². The van der Waals surface area contributed by atoms with Gasteiger partial charge in [0.05, 0.1) is 11.0 Å². The van der Waals surface area contributed by atoms with Crippen molar-refractivity contribution >= 4 is 43.6 Å². The number of nitrogens with zero attached hydrogens (tertiary/aromatic N) is 2. The molecule has 0 bridgehead atoms. The molecule has 0 aliphatic carbocycles. The van der Waals surface area contributed by atoms with Gasteiger partial charge in [0.25, 0.3) is 0 Å². The molecule has 0 aliphatic heterocycles. The van der Waals surface area contributed by atoms with Gasteiger partial charge in [0, 0.05) is 45.7 Å². The van der Waals surface area contributed by atoms with Gasteiger partial charge in [-0.25, -0.2) is 0 Å². The molecule has 2 heterocycles. The Hall–Kier alpha value is -3.52. The molecule has 0 saturated heterocycles. The van der Waals surface area contributed by atoms with Crippen LogP contribution < -0.4 is 0 Å². The van der Waals surface area contributed by atoms with Crippen LogP contribution in [0.1, 0.15) is 23.6 Å². The van der Waals surface area contributed by atoms with E-state index < -0.39 is 0 Å². The molecule has 0 amide bonds. The van der Waals surface area contributed by atoms with Crippen molar-refractivity contribution in [1.29, 1.82) is 0 Å². The number of hydrogen-bond acceptors (Lipinski definition) is 0. The van der Waals surface area contributed by atoms with Gasteiger partial charge in [-0.1, -0.05) is 71.8 Å². The van der Waals surface area contributed by atoms with Gasteiger partial charge in [0.2, 0.25) is 0 Å². The van der Waals surface area contributed by atoms with E-state index in [9.17, 15) is 0 Å². The zero-order valence-electron chi connectivity index (χ0n) is 18.3. The second kappa shape index (κ2) is 6.75. The summed E-state index contributed by atoms with van der Waals surface area (Å²) in [4.78, 5) is 0. The summed E-state index contributed by atoms with van der Waals surface area (Å²) in [6.45, 7) is 8.46. The van der Waals surface area contributed by atoms with Gasteiger partial charge in [0.1, 0.15) is 0 Å². The van der Waals surface area contributed by atoms with Crippen LogP contribution in [0.15, 0.2) is 78.9 Å². The maximum absolute atomic E-state index is 2.50. The Labute approximate surface area is 182 Å². The molecule has 0 aliphatic rings. The fraction of sp³-hybridized carbons (Fsp3) is 0.172. The Bertz CT molecular complexity index is 1590. The first-order valence-corrected chi connectivity index (χ1v) is 11.1. The number of benzene rings is 4. The van der Waals surface area contributed by atoms with Gasteiger partial charge >= 0.3 is 0 Å². The molecule has 31 heavy (non-hydrogen) atoms. The number of fused-ring (bicyclic) bond motifs is 7. The van der Waals surface area contributed by atoms with Crippen LogP contribution in [0.4, 0.5) is 0 Å². The van der Waals surface area contributed by atoms with Crippen molar-refractivity contribution in [3.63, 3.8) is 0 Å². The number of hydrogen-bond donors (Lipinski definition) is 0. The smallest absolute Gasteiger partial charge is 0.0592 e. The van der Waals surface area contributed by atoms with Crippen molar-refractivity contribution in [1.82, 2.24) is 9.13 Å². The summed E-state index contributed by atoms with van der Waals surface area (Å²) in [5.74, 6) is 0. The minimum absolute atomic E-state index is 0.879. The largest absolute Gasteiger partial charge is 0.340 e. The van der Waals surface area contributed by atoms with E-state index in [0.717, 1.165) is 13.1 Å². The quantitative estimate of drug-likeness (QED) is 0.289. The standard InChI is InChI=1S/C29H26N2/c1-4-30-25-11-7-5-9-22(25)23-13-14-27-28(29(23)30)24-10-6-8-12-26(24)31(27)18-21-16-19(2)15-20(3)17-21/h5-17H,4,18H2,1-3H3. The fourth-order valence-electron chi connectivity index (χ4n) is 5.52. The van der Waals surface area contributed by atoms with E-state index in [0.29, 0.717) is 0 Å². The number of para-hydroxylation sites is 2. The maximum Gasteiger partial charge on any atom is 0.0592 e. The summed E-state index contributed by atoms with van der Waals surface area (Å²) in [5.41, 5.74) is 9.29. The van der Waals surface area contributed by atoms with E-state index in [2.05, 4.69) is 109 Å². The van der Waals surface area contributed by atoms with Crippen molar-refractivity contribution < 1.29 is 0 Å². The average molecular weight is 403 g/mol. The van der Waals surface area contributed by atoms with Gasteiger partial charge < -0.3 is 9.13 Å². The highest BCUT2D eigenvalue weighted by molar-refractivity contribution is 6.25. The second-order valence-electron chi connectivity index (χ2n) is 8.72. The molecule has 152 valence electrons. The van der Waals surface area contributed by atoms with Crippen molar-refractivity contribution in [3.8, 4) is 0 Å². The molecule has 0 spiro atoms. The van der Waals surface area contributed by atoms with Crippen LogP contribution in [0.5, 0.6) is 0 Å². The van der Waals surface area contributed by atoms with Crippen molar-refractivity contribution in [2.24, 2.45) is 0 Å². The zero-order valence-corrected chi connectivity index (χ0v) is 18.3. The van der Waals surface area contributed by atoms with Crippen LogP contribution >= 0.6 is 0 Å². The van der Waals surface area contributed by atoms with Crippen LogP contribution in [0.3, 0.4) is 0 Å². The first-order valence-electron chi connectivity index (χ1n) is 11.1. The predicted molar refractivity (Wildman–Crippen MR) is 133 cm³/mol. The molecule has 6 rings (SSSR count). The lowest BCUT2D eigenvalue weighted by Crippen LogP contribution is -2.00. The van der Waals surface area contributed by atoms with Gasteiger partial charge in [-0.05, 0) is 44.5 Å². The van der Waals surface area contributed by atoms with Crippen molar-refractivity contribution in [3.05, 3.63) is 95.6 Å². The van der Waals surface area contributed by atoms with Gasteiger partial charge in [-0.2, -0.15) is 0 Å². The first-order chi connectivity index (χ1) is 15.2. The van der Waals surface area contributed by atoms with E-state index in [-0.39, 0.29) is 0 Å². The summed E-state index contributed by atoms with van der Waals surface area (Å²) < 4.78 is 4.98. The molecule has 0 atom stereocenters. The topological polar surface area (TPSA) is 9.86 Å². The molecular weight excluding hydrogens is 376 g/mol. The monoisotopic (exact) mass is 402 g/mol. The van der Waals surface area contributed by atoms with Crippen LogP contribution in [0, 0.1) is 13.8 Å². The highest BCUT2D eigenvalue weighted by Gasteiger charge is 2.18. The van der Waals surface area contributed by atoms with E-state index >= 15 is 0 Å². The summed E-state index contributed by atoms with van der Waals surface area (Å²) in [6.07, 6.45) is 0. The molecule has 0 unspecified atom stereocenters. The lowest BCUT2D eigenvalue weighted by atomic mass is 10.1. The minimum atomic E-state index is 0.879. The number of aromatic nitrogens is 2. The number of rotatable bonds is 3. The Kier molecular flexibility index (Phi) is 3.97. The van der Waals surface area contributed by atoms with Gasteiger partial charge in [0.15, 0.2) is 0 Å². The first kappa shape index (κ1) is 18.3. The highest BCUT2D eigenvalue weighted by Crippen LogP contribution is 2.39. The lowest BCUT2D eigenvalue weighted by Gasteiger charge is -2.10. The minimum Gasteiger partial charge on any atom is -0.340 e. The Morgan fingerprint density at radius 2 is 1.26 bits per heavy atom. The second-order valence-corrected chi connectivity index (χ2v) is 8.72. The summed E-state index contributed by atoms with van der Waals surface area (Å²) >= 11 is 0. The molecular formula is C29H26N2. The molecule has 4 aromatic carbocycles. The highest BCUT2D eigenvalue weighted by atomic mass is 15.0. The Morgan fingerprint density at radius 3 is 1.97 bits per heavy atom. The molecule has 6 aromatic rings. The third-order valence-corrected chi connectivity index (χ3v) is 6.60. The van der Waals surface area contributed by atoms with E-state index in [1.54, 1.807) is 0 Å². The normalized spacial score (nSPS) is 12.0. The summed E-state index contributed by atoms with van der Waals surface area (Å²) in [7, 11) is 0. The third kappa shape index (κ3) is 2.64. The fourth-order valence-corrected chi connectivity index (χ4v) is 5.52. The van der Waals surface area contributed by atoms with Crippen LogP contribution in [-0.4, -0.2) is 9.13 Å². The van der Waals surface area contributed by atoms with Gasteiger partial charge in [-0.3, -0.25) is 0 Å². The Balaban J connectivity index is 1.75.